The molecule has 0 amide bonds. The molecule has 0 unspecified atom stereocenters. The molecule has 0 saturated heterocycles. The molecule has 0 atom stereocenters. The van der Waals surface area contributed by atoms with Gasteiger partial charge < -0.3 is 4.40 Å². The molecule has 0 aliphatic carbocycles. The van der Waals surface area contributed by atoms with E-state index in [1.165, 1.54) is 76.5 Å². The van der Waals surface area contributed by atoms with Gasteiger partial charge >= 0.3 is 0 Å². The fraction of sp³-hybridized carbons (Fsp3) is 0.265. The van der Waals surface area contributed by atoms with Gasteiger partial charge in [0.2, 0.25) is 5.52 Å². The lowest BCUT2D eigenvalue weighted by Gasteiger charge is -2.21. The highest BCUT2D eigenvalue weighted by Crippen LogP contribution is 2.45. The zero-order chi connectivity index (χ0) is 25.1. The Balaban J connectivity index is 1.94. The van der Waals surface area contributed by atoms with Crippen LogP contribution in [0.25, 0.3) is 59.8 Å². The van der Waals surface area contributed by atoms with Gasteiger partial charge in [-0.15, -0.1) is 0 Å². The van der Waals surface area contributed by atoms with E-state index < -0.39 is 0 Å². The summed E-state index contributed by atoms with van der Waals surface area (Å²) in [5.74, 6) is 0.386. The van der Waals surface area contributed by atoms with Gasteiger partial charge in [0.25, 0.3) is 0 Å². The zero-order valence-corrected chi connectivity index (χ0v) is 22.3. The smallest absolute Gasteiger partial charge is 0.224 e. The van der Waals surface area contributed by atoms with E-state index in [0.717, 1.165) is 0 Å². The monoisotopic (exact) mass is 469 g/mol. The Morgan fingerprint density at radius 1 is 0.778 bits per heavy atom. The number of benzene rings is 4. The first kappa shape index (κ1) is 21.6. The van der Waals surface area contributed by atoms with Gasteiger partial charge in [0.15, 0.2) is 6.20 Å². The molecular weight excluding hydrogens is 436 g/mol. The van der Waals surface area contributed by atoms with Crippen LogP contribution in [0.5, 0.6) is 0 Å². The number of rotatable bonds is 1. The van der Waals surface area contributed by atoms with Crippen molar-refractivity contribution < 1.29 is 4.57 Å². The summed E-state index contributed by atoms with van der Waals surface area (Å²) in [6, 6.07) is 23.1. The summed E-state index contributed by atoms with van der Waals surface area (Å²) in [7, 11) is 2.21. The van der Waals surface area contributed by atoms with Gasteiger partial charge in [-0.3, -0.25) is 0 Å². The minimum atomic E-state index is 0.0856. The number of hydrogen-bond acceptors (Lipinski definition) is 0. The van der Waals surface area contributed by atoms with Crippen molar-refractivity contribution >= 4 is 59.8 Å². The van der Waals surface area contributed by atoms with Crippen molar-refractivity contribution in [2.45, 2.75) is 52.9 Å². The second-order valence-corrected chi connectivity index (χ2v) is 12.0. The summed E-state index contributed by atoms with van der Waals surface area (Å²) < 4.78 is 4.97. The first-order chi connectivity index (χ1) is 17.2. The maximum absolute atomic E-state index is 2.62. The van der Waals surface area contributed by atoms with Crippen molar-refractivity contribution in [2.24, 2.45) is 7.05 Å². The molecule has 7 aromatic rings. The highest BCUT2D eigenvalue weighted by Gasteiger charge is 2.28. The molecule has 0 aliphatic rings. The summed E-state index contributed by atoms with van der Waals surface area (Å²) in [6.07, 6.45) is 2.23. The van der Waals surface area contributed by atoms with Gasteiger partial charge in [0, 0.05) is 16.8 Å². The standard InChI is InChI=1S/C34H33N2/c1-19(2)28-25-11-9-8-10-23(25)20(3)29-32-30-21(16-17-35(32)7)12-14-26-24-15-13-22(34(4,5)6)18-27(24)36(31(26)30)33(28)29/h8-19H,1-7H3/q+1. The molecule has 0 saturated carbocycles. The lowest BCUT2D eigenvalue weighted by molar-refractivity contribution is -0.643. The molecule has 4 aromatic carbocycles. The summed E-state index contributed by atoms with van der Waals surface area (Å²) in [6.45, 7) is 14.0. The molecule has 2 heteroatoms. The molecule has 0 fully saturated rings. The molecule has 0 radical (unpaired) electrons. The molecule has 0 N–H and O–H groups in total. The molecular formula is C34H33N2+. The van der Waals surface area contributed by atoms with Crippen molar-refractivity contribution in [2.75, 3.05) is 0 Å². The predicted octanol–water partition coefficient (Wildman–Crippen LogP) is 8.70. The molecule has 0 aliphatic heterocycles. The van der Waals surface area contributed by atoms with Crippen LogP contribution in [0.15, 0.2) is 66.9 Å². The van der Waals surface area contributed by atoms with Crippen molar-refractivity contribution in [1.82, 2.24) is 4.40 Å². The van der Waals surface area contributed by atoms with Crippen LogP contribution in [-0.4, -0.2) is 4.40 Å². The summed E-state index contributed by atoms with van der Waals surface area (Å²) in [5.41, 5.74) is 9.65. The molecule has 2 nitrogen and oxygen atoms in total. The Hall–Kier alpha value is -3.65. The Bertz CT molecular complexity index is 2010. The Morgan fingerprint density at radius 3 is 2.22 bits per heavy atom. The van der Waals surface area contributed by atoms with Crippen molar-refractivity contribution in [3.05, 3.63) is 83.6 Å². The molecule has 0 bridgehead atoms. The van der Waals surface area contributed by atoms with Crippen LogP contribution < -0.4 is 4.57 Å². The first-order valence-corrected chi connectivity index (χ1v) is 13.1. The number of pyridine rings is 2. The molecule has 178 valence electrons. The largest absolute Gasteiger partial charge is 0.307 e. The predicted molar refractivity (Wildman–Crippen MR) is 155 cm³/mol. The first-order valence-electron chi connectivity index (χ1n) is 13.1. The molecule has 3 aromatic heterocycles. The fourth-order valence-corrected chi connectivity index (χ4v) is 6.68. The number of hydrogen-bond donors (Lipinski definition) is 0. The average Bonchev–Trinajstić information content (AvgIpc) is 3.18. The summed E-state index contributed by atoms with van der Waals surface area (Å²) >= 11 is 0. The van der Waals surface area contributed by atoms with Crippen LogP contribution in [0.3, 0.4) is 0 Å². The third-order valence-corrected chi connectivity index (χ3v) is 8.42. The molecule has 3 heterocycles. The average molecular weight is 470 g/mol. The van der Waals surface area contributed by atoms with Gasteiger partial charge in [-0.05, 0) is 57.2 Å². The lowest BCUT2D eigenvalue weighted by Crippen LogP contribution is -2.29. The van der Waals surface area contributed by atoms with Crippen LogP contribution in [-0.2, 0) is 12.5 Å². The summed E-state index contributed by atoms with van der Waals surface area (Å²) in [4.78, 5) is 0. The van der Waals surface area contributed by atoms with Crippen LogP contribution >= 0.6 is 0 Å². The number of aromatic nitrogens is 2. The van der Waals surface area contributed by atoms with E-state index in [-0.39, 0.29) is 5.41 Å². The van der Waals surface area contributed by atoms with E-state index in [1.54, 1.807) is 0 Å². The third-order valence-electron chi connectivity index (χ3n) is 8.42. The number of nitrogens with zero attached hydrogens (tertiary/aromatic N) is 2. The molecule has 0 spiro atoms. The van der Waals surface area contributed by atoms with Crippen molar-refractivity contribution in [1.29, 1.82) is 0 Å². The van der Waals surface area contributed by atoms with Crippen LogP contribution in [0.4, 0.5) is 0 Å². The van der Waals surface area contributed by atoms with E-state index in [0.29, 0.717) is 5.92 Å². The second-order valence-electron chi connectivity index (χ2n) is 12.0. The van der Waals surface area contributed by atoms with E-state index >= 15 is 0 Å². The van der Waals surface area contributed by atoms with Crippen molar-refractivity contribution in [3.63, 3.8) is 0 Å². The van der Waals surface area contributed by atoms with Gasteiger partial charge in [0.05, 0.1) is 27.3 Å². The zero-order valence-electron chi connectivity index (χ0n) is 22.3. The van der Waals surface area contributed by atoms with Crippen LogP contribution in [0, 0.1) is 6.92 Å². The van der Waals surface area contributed by atoms with Gasteiger partial charge in [-0.1, -0.05) is 83.1 Å². The quantitative estimate of drug-likeness (QED) is 0.129. The lowest BCUT2D eigenvalue weighted by atomic mass is 9.86. The van der Waals surface area contributed by atoms with E-state index in [4.69, 9.17) is 0 Å². The van der Waals surface area contributed by atoms with E-state index in [9.17, 15) is 0 Å². The highest BCUT2D eigenvalue weighted by molar-refractivity contribution is 6.29. The number of aryl methyl sites for hydroxylation is 2. The maximum atomic E-state index is 2.62. The second kappa shape index (κ2) is 6.97. The van der Waals surface area contributed by atoms with Crippen LogP contribution in [0.1, 0.15) is 57.2 Å². The highest BCUT2D eigenvalue weighted by atomic mass is 15.0. The van der Waals surface area contributed by atoms with E-state index in [1.807, 2.05) is 0 Å². The minimum absolute atomic E-state index is 0.0856. The van der Waals surface area contributed by atoms with Gasteiger partial charge in [0.1, 0.15) is 7.05 Å². The van der Waals surface area contributed by atoms with Gasteiger partial charge in [-0.25, -0.2) is 4.57 Å². The topological polar surface area (TPSA) is 8.29 Å². The Labute approximate surface area is 212 Å². The minimum Gasteiger partial charge on any atom is -0.307 e. The Kier molecular flexibility index (Phi) is 4.19. The third kappa shape index (κ3) is 2.60. The number of fused-ring (bicyclic) bond motifs is 7. The van der Waals surface area contributed by atoms with Gasteiger partial charge in [-0.2, -0.15) is 0 Å². The van der Waals surface area contributed by atoms with Crippen molar-refractivity contribution in [3.8, 4) is 0 Å². The van der Waals surface area contributed by atoms with Crippen LogP contribution in [0.2, 0.25) is 0 Å². The molecule has 36 heavy (non-hydrogen) atoms. The SMILES string of the molecule is Cc1c2ccccc2c(C(C)C)c2c1c1c3c(ccc4c5ccc(C(C)(C)C)cc5n2c43)cc[n+]1C. The molecule has 7 rings (SSSR count). The maximum Gasteiger partial charge on any atom is 0.224 e. The Morgan fingerprint density at radius 2 is 1.50 bits per heavy atom. The normalized spacial score (nSPS) is 13.1. The fourth-order valence-electron chi connectivity index (χ4n) is 6.68. The summed E-state index contributed by atoms with van der Waals surface area (Å²) in [5, 5.41) is 9.47. The van der Waals surface area contributed by atoms with E-state index in [2.05, 4.69) is 124 Å².